The molecule has 0 amide bonds. The Labute approximate surface area is 649 Å². The van der Waals surface area contributed by atoms with Crippen molar-refractivity contribution in [3.8, 4) is 0 Å². The molecule has 0 aromatic rings. The fraction of sp³-hybridized carbons (Fsp3) is 0.767. The van der Waals surface area contributed by atoms with Gasteiger partial charge in [0.2, 0.25) is 0 Å². The number of aliphatic carboxylic acids is 5. The molecule has 0 atom stereocenters. The average Bonchev–Trinajstić information content (AvgIpc) is 3.85. The molecule has 0 spiro atoms. The standard InChI is InChI=1S/C18H34O2.C18H32O2.C12H20O3.2C9H16O3.C9H18O.C9H16O.C6H12O/c2*1-2-3-4-5-6-7-8-9-10-11-12-13-14-15-16-17-18(19)20;13-11-9-7-5-3-1-2-4-6-8-10-12(14)15;2*10-8-6-4-2-1-3-5-7-9(11)12;2*1-2-3-4-5-6-7-8-9-10;1-2-3-4-5-6-7/h9-10H,2-8,11-17H2,1H3,(H,19,20);6-7,9-10H,2-5,8,11-17H2,1H3,(H,19,20);5,7,11H,1-4,6,8-10H2,(H,14,15);2*8H,1-7H2,(H,11,12);9H,2-8H2,1H3;6-7,9H,2-5,8H2,1H3;6H,2-5H2,1H3/b10-9-;7-6-,10-9-;7-5-;;;;7-6-;. The van der Waals surface area contributed by atoms with E-state index in [-0.39, 0.29) is 12.8 Å². The highest BCUT2D eigenvalue weighted by atomic mass is 16.4. The van der Waals surface area contributed by atoms with Crippen molar-refractivity contribution in [2.75, 3.05) is 0 Å². The summed E-state index contributed by atoms with van der Waals surface area (Å²) in [6, 6.07) is 0. The van der Waals surface area contributed by atoms with Crippen LogP contribution in [-0.4, -0.2) is 93.1 Å². The van der Waals surface area contributed by atoms with Crippen LogP contribution in [0.15, 0.2) is 60.8 Å². The molecule has 0 radical (unpaired) electrons. The Bertz CT molecular complexity index is 1930. The molecule has 0 aromatic carbocycles. The first kappa shape index (κ1) is 116. The van der Waals surface area contributed by atoms with Gasteiger partial charge in [-0.05, 0) is 141 Å². The molecule has 0 aromatic heterocycles. The Balaban J connectivity index is -0.000000176. The number of carbonyl (C=O) groups excluding carboxylic acids is 6. The maximum absolute atomic E-state index is 10.3. The minimum Gasteiger partial charge on any atom is -0.481 e. The number of unbranched alkanes of at least 4 members (excludes halogenated alkanes) is 46. The normalized spacial score (nSPS) is 10.5. The average molecular weight is 1500 g/mol. The van der Waals surface area contributed by atoms with Gasteiger partial charge in [0.1, 0.15) is 37.7 Å². The van der Waals surface area contributed by atoms with E-state index in [4.69, 9.17) is 25.5 Å². The summed E-state index contributed by atoms with van der Waals surface area (Å²) < 4.78 is 0. The number of rotatable bonds is 72. The second-order valence-corrected chi connectivity index (χ2v) is 27.2. The topological polar surface area (TPSA) is 289 Å². The molecule has 0 heterocycles. The van der Waals surface area contributed by atoms with Gasteiger partial charge in [0, 0.05) is 70.6 Å². The maximum Gasteiger partial charge on any atom is 0.303 e. The van der Waals surface area contributed by atoms with Crippen molar-refractivity contribution in [2.24, 2.45) is 0 Å². The van der Waals surface area contributed by atoms with E-state index in [1.807, 2.05) is 18.2 Å². The van der Waals surface area contributed by atoms with Crippen molar-refractivity contribution in [3.05, 3.63) is 60.8 Å². The van der Waals surface area contributed by atoms with E-state index in [0.29, 0.717) is 44.9 Å². The van der Waals surface area contributed by atoms with Crippen LogP contribution in [0.25, 0.3) is 0 Å². The first-order chi connectivity index (χ1) is 51.6. The zero-order chi connectivity index (χ0) is 80.5. The molecule has 0 unspecified atom stereocenters. The van der Waals surface area contributed by atoms with Crippen LogP contribution < -0.4 is 0 Å². The second kappa shape index (κ2) is 120. The van der Waals surface area contributed by atoms with Gasteiger partial charge >= 0.3 is 29.8 Å². The van der Waals surface area contributed by atoms with E-state index in [9.17, 15) is 52.7 Å². The van der Waals surface area contributed by atoms with E-state index in [0.717, 1.165) is 211 Å². The van der Waals surface area contributed by atoms with Crippen molar-refractivity contribution in [3.63, 3.8) is 0 Å². The van der Waals surface area contributed by atoms with Gasteiger partial charge in [-0.3, -0.25) is 24.0 Å². The molecule has 0 aliphatic carbocycles. The minimum absolute atomic E-state index is 0.272. The van der Waals surface area contributed by atoms with Crippen molar-refractivity contribution in [1.29, 1.82) is 0 Å². The molecule has 5 N–H and O–H groups in total. The quantitative estimate of drug-likeness (QED) is 0.0215. The zero-order valence-electron chi connectivity index (χ0n) is 68.7. The fourth-order valence-corrected chi connectivity index (χ4v) is 10.1. The van der Waals surface area contributed by atoms with E-state index < -0.39 is 29.8 Å². The summed E-state index contributed by atoms with van der Waals surface area (Å²) >= 11 is 0. The van der Waals surface area contributed by atoms with Crippen molar-refractivity contribution in [2.45, 2.75) is 446 Å². The van der Waals surface area contributed by atoms with Crippen LogP contribution in [0.2, 0.25) is 0 Å². The molecule has 0 bridgehead atoms. The van der Waals surface area contributed by atoms with Crippen LogP contribution in [0.5, 0.6) is 0 Å². The first-order valence-corrected chi connectivity index (χ1v) is 42.6. The molecule has 620 valence electrons. The molecule has 0 saturated heterocycles. The summed E-state index contributed by atoms with van der Waals surface area (Å²) in [7, 11) is 0. The molecule has 0 rings (SSSR count). The number of hydrogen-bond donors (Lipinski definition) is 5. The smallest absolute Gasteiger partial charge is 0.303 e. The van der Waals surface area contributed by atoms with Crippen LogP contribution in [-0.2, 0) is 52.7 Å². The van der Waals surface area contributed by atoms with E-state index >= 15 is 0 Å². The van der Waals surface area contributed by atoms with Gasteiger partial charge in [-0.2, -0.15) is 0 Å². The van der Waals surface area contributed by atoms with Crippen LogP contribution in [0.4, 0.5) is 0 Å². The number of allylic oxidation sites excluding steroid dienone is 10. The Kier molecular flexibility index (Phi) is 131. The van der Waals surface area contributed by atoms with Crippen molar-refractivity contribution in [1.82, 2.24) is 0 Å². The third-order valence-corrected chi connectivity index (χ3v) is 16.6. The molecular formula is C90H164O16. The lowest BCUT2D eigenvalue weighted by molar-refractivity contribution is -0.138. The van der Waals surface area contributed by atoms with E-state index in [2.05, 4.69) is 77.2 Å². The Hall–Kier alpha value is -5.93. The van der Waals surface area contributed by atoms with E-state index in [1.54, 1.807) is 0 Å². The summed E-state index contributed by atoms with van der Waals surface area (Å²) in [5, 5.41) is 42.0. The van der Waals surface area contributed by atoms with Gasteiger partial charge in [-0.1, -0.05) is 294 Å². The lowest BCUT2D eigenvalue weighted by atomic mass is 10.1. The second-order valence-electron chi connectivity index (χ2n) is 27.2. The Morgan fingerprint density at radius 1 is 0.170 bits per heavy atom. The molecule has 0 saturated carbocycles. The molecule has 106 heavy (non-hydrogen) atoms. The van der Waals surface area contributed by atoms with E-state index in [1.165, 1.54) is 180 Å². The van der Waals surface area contributed by atoms with Crippen LogP contribution in [0.1, 0.15) is 446 Å². The third kappa shape index (κ3) is 160. The molecule has 16 nitrogen and oxygen atoms in total. The monoisotopic (exact) mass is 1500 g/mol. The number of carboxylic acid groups (broad SMARTS) is 5. The minimum atomic E-state index is -0.720. The summed E-state index contributed by atoms with van der Waals surface area (Å²) in [6.45, 7) is 11.0. The van der Waals surface area contributed by atoms with Crippen LogP contribution >= 0.6 is 0 Å². The van der Waals surface area contributed by atoms with Crippen molar-refractivity contribution >= 4 is 67.6 Å². The SMILES string of the molecule is CCCCC/C=C\C/C=C\CCCCCCCC(=O)O.CCCCC/C=C\CC=O.CCCCCC=O.CCCCCCCC/C=C\CCCCCCCC(=O)O.CCCCCCCCC=O.O=CC/C=C\CCCCCCCC(=O)O.O=CCCCCCCCC(=O)O.O=CCCCCCCCC(=O)O. The fourth-order valence-electron chi connectivity index (χ4n) is 10.1. The number of aldehydes is 6. The predicted octanol–water partition coefficient (Wildman–Crippen LogP) is 26.4. The maximum atomic E-state index is 10.3. The molecular weight excluding hydrogens is 1340 g/mol. The Morgan fingerprint density at radius 3 is 0.500 bits per heavy atom. The largest absolute Gasteiger partial charge is 0.481 e. The van der Waals surface area contributed by atoms with Gasteiger partial charge in [0.25, 0.3) is 0 Å². The summed E-state index contributed by atoms with van der Waals surface area (Å²) in [5.41, 5.74) is 0. The number of hydrogen-bond acceptors (Lipinski definition) is 11. The van der Waals surface area contributed by atoms with Gasteiger partial charge in [0.15, 0.2) is 0 Å². The highest BCUT2D eigenvalue weighted by molar-refractivity contribution is 5.67. The van der Waals surface area contributed by atoms with Crippen molar-refractivity contribution < 1.29 is 78.3 Å². The van der Waals surface area contributed by atoms with Crippen LogP contribution in [0, 0.1) is 0 Å². The molecule has 0 aliphatic rings. The highest BCUT2D eigenvalue weighted by Gasteiger charge is 2.01. The number of carboxylic acids is 5. The first-order valence-electron chi connectivity index (χ1n) is 42.6. The molecule has 0 aliphatic heterocycles. The summed E-state index contributed by atoms with van der Waals surface area (Å²) in [5.74, 6) is -3.48. The summed E-state index contributed by atoms with van der Waals surface area (Å²) in [4.78, 5) is 110. The third-order valence-electron chi connectivity index (χ3n) is 16.6. The van der Waals surface area contributed by atoms with Gasteiger partial charge in [-0.25, -0.2) is 0 Å². The van der Waals surface area contributed by atoms with Crippen LogP contribution in [0.3, 0.4) is 0 Å². The predicted molar refractivity (Wildman–Crippen MR) is 444 cm³/mol. The zero-order valence-corrected chi connectivity index (χ0v) is 68.7. The van der Waals surface area contributed by atoms with Gasteiger partial charge < -0.3 is 54.3 Å². The molecule has 16 heteroatoms. The Morgan fingerprint density at radius 2 is 0.311 bits per heavy atom. The molecule has 0 fully saturated rings. The number of carbonyl (C=O) groups is 11. The lowest BCUT2D eigenvalue weighted by Crippen LogP contribution is -1.93. The lowest BCUT2D eigenvalue weighted by Gasteiger charge is -1.99. The summed E-state index contributed by atoms with van der Waals surface area (Å²) in [6.07, 6.45) is 93.5. The highest BCUT2D eigenvalue weighted by Crippen LogP contribution is 2.14. The van der Waals surface area contributed by atoms with Gasteiger partial charge in [-0.15, -0.1) is 0 Å². The van der Waals surface area contributed by atoms with Gasteiger partial charge in [0.05, 0.1) is 0 Å².